The summed E-state index contributed by atoms with van der Waals surface area (Å²) in [5, 5.41) is 2.65. The van der Waals surface area contributed by atoms with Crippen LogP contribution < -0.4 is 5.32 Å². The van der Waals surface area contributed by atoms with Gasteiger partial charge in [-0.2, -0.15) is 0 Å². The van der Waals surface area contributed by atoms with Crippen molar-refractivity contribution in [3.8, 4) is 0 Å². The Hall–Kier alpha value is -2.46. The molecule has 0 atom stereocenters. The Morgan fingerprint density at radius 2 is 1.72 bits per heavy atom. The number of carbonyl (C=O) groups is 2. The highest BCUT2D eigenvalue weighted by Gasteiger charge is 2.26. The summed E-state index contributed by atoms with van der Waals surface area (Å²) < 4.78 is 25.6. The molecule has 156 valence electrons. The van der Waals surface area contributed by atoms with Crippen LogP contribution in [0.25, 0.3) is 0 Å². The number of likely N-dealkylation sites (N-methyl/N-ethyl adjacent to an activating group) is 1. The van der Waals surface area contributed by atoms with Crippen LogP contribution >= 0.6 is 11.6 Å². The smallest absolute Gasteiger partial charge is 0.266 e. The Morgan fingerprint density at radius 3 is 2.31 bits per heavy atom. The van der Waals surface area contributed by atoms with Crippen molar-refractivity contribution in [1.29, 1.82) is 0 Å². The van der Waals surface area contributed by atoms with Crippen molar-refractivity contribution in [2.45, 2.75) is 11.8 Å². The fourth-order valence-electron chi connectivity index (χ4n) is 2.42. The molecule has 0 bridgehead atoms. The first-order valence-corrected chi connectivity index (χ1v) is 10.3. The van der Waals surface area contributed by atoms with E-state index < -0.39 is 15.9 Å². The summed E-state index contributed by atoms with van der Waals surface area (Å²) in [4.78, 5) is 30.5. The molecule has 0 saturated heterocycles. The lowest BCUT2D eigenvalue weighted by Crippen LogP contribution is -2.35. The van der Waals surface area contributed by atoms with E-state index in [-0.39, 0.29) is 27.9 Å². The zero-order chi connectivity index (χ0) is 21.8. The van der Waals surface area contributed by atoms with Crippen LogP contribution in [0.2, 0.25) is 5.02 Å². The molecule has 2 aromatic rings. The van der Waals surface area contributed by atoms with Crippen LogP contribution in [0.5, 0.6) is 0 Å². The number of amides is 2. The Balaban J connectivity index is 2.16. The molecule has 0 aliphatic heterocycles. The molecule has 2 rings (SSSR count). The number of benzene rings is 2. The lowest BCUT2D eigenvalue weighted by atomic mass is 10.2. The van der Waals surface area contributed by atoms with Crippen LogP contribution in [0.4, 0.5) is 5.69 Å². The van der Waals surface area contributed by atoms with Crippen molar-refractivity contribution >= 4 is 39.1 Å². The van der Waals surface area contributed by atoms with E-state index in [0.717, 1.165) is 11.6 Å². The van der Waals surface area contributed by atoms with Crippen LogP contribution in [0, 0.1) is 6.92 Å². The van der Waals surface area contributed by atoms with Crippen LogP contribution in [0.15, 0.2) is 47.4 Å². The molecule has 0 aliphatic rings. The molecule has 0 aliphatic carbocycles. The maximum absolute atomic E-state index is 12.7. The van der Waals surface area contributed by atoms with E-state index in [4.69, 9.17) is 16.4 Å². The minimum atomic E-state index is -4.04. The zero-order valence-corrected chi connectivity index (χ0v) is 18.0. The molecule has 8 nitrogen and oxygen atoms in total. The summed E-state index contributed by atoms with van der Waals surface area (Å²) in [6.45, 7) is 1.72. The highest BCUT2D eigenvalue weighted by molar-refractivity contribution is 7.89. The van der Waals surface area contributed by atoms with Crippen LogP contribution in [-0.2, 0) is 19.7 Å². The minimum absolute atomic E-state index is 0.0507. The number of anilines is 1. The molecule has 0 spiro atoms. The summed E-state index contributed by atoms with van der Waals surface area (Å²) >= 11 is 6.00. The molecule has 0 fully saturated rings. The van der Waals surface area contributed by atoms with E-state index in [1.54, 1.807) is 12.1 Å². The topological polar surface area (TPSA) is 96.0 Å². The first-order valence-electron chi connectivity index (χ1n) is 8.51. The van der Waals surface area contributed by atoms with E-state index in [1.807, 2.05) is 19.1 Å². The van der Waals surface area contributed by atoms with Crippen molar-refractivity contribution in [2.24, 2.45) is 0 Å². The summed E-state index contributed by atoms with van der Waals surface area (Å²) in [5.74, 6) is -0.914. The van der Waals surface area contributed by atoms with Gasteiger partial charge in [0.15, 0.2) is 0 Å². The molecule has 1 N–H and O–H groups in total. The fraction of sp³-hybridized carbons (Fsp3) is 0.263. The first kappa shape index (κ1) is 22.8. The normalized spacial score (nSPS) is 11.4. The third-order valence-electron chi connectivity index (χ3n) is 4.11. The number of hydrogen-bond donors (Lipinski definition) is 1. The number of sulfonamides is 1. The minimum Gasteiger partial charge on any atom is -0.332 e. The van der Waals surface area contributed by atoms with Crippen molar-refractivity contribution in [2.75, 3.05) is 33.1 Å². The van der Waals surface area contributed by atoms with E-state index in [2.05, 4.69) is 5.32 Å². The third kappa shape index (κ3) is 5.54. The van der Waals surface area contributed by atoms with Crippen LogP contribution in [0.3, 0.4) is 0 Å². The number of hydrogen-bond acceptors (Lipinski definition) is 5. The number of hydroxylamine groups is 1. The highest BCUT2D eigenvalue weighted by Crippen LogP contribution is 2.25. The van der Waals surface area contributed by atoms with Crippen molar-refractivity contribution in [3.05, 3.63) is 58.6 Å². The molecule has 2 amide bonds. The second-order valence-electron chi connectivity index (χ2n) is 6.32. The number of rotatable bonds is 7. The summed E-state index contributed by atoms with van der Waals surface area (Å²) in [7, 11) is -0.189. The second-order valence-corrected chi connectivity index (χ2v) is 8.63. The average molecular weight is 440 g/mol. The van der Waals surface area contributed by atoms with Gasteiger partial charge in [0.1, 0.15) is 4.90 Å². The molecule has 2 aromatic carbocycles. The maximum atomic E-state index is 12.7. The quantitative estimate of drug-likeness (QED) is 0.669. The number of nitrogens with zero attached hydrogens (tertiary/aromatic N) is 2. The zero-order valence-electron chi connectivity index (χ0n) is 16.5. The van der Waals surface area contributed by atoms with Gasteiger partial charge in [0, 0.05) is 25.3 Å². The summed E-state index contributed by atoms with van der Waals surface area (Å²) in [6, 6.07) is 11.1. The molecule has 0 heterocycles. The van der Waals surface area contributed by atoms with Gasteiger partial charge in [-0.05, 0) is 37.3 Å². The number of carbonyl (C=O) groups excluding carboxylic acids is 2. The van der Waals surface area contributed by atoms with E-state index in [9.17, 15) is 18.0 Å². The van der Waals surface area contributed by atoms with Gasteiger partial charge in [-0.3, -0.25) is 14.4 Å². The molecule has 29 heavy (non-hydrogen) atoms. The fourth-order valence-corrected chi connectivity index (χ4v) is 3.89. The summed E-state index contributed by atoms with van der Waals surface area (Å²) in [6.07, 6.45) is 0. The Morgan fingerprint density at radius 1 is 1.10 bits per heavy atom. The number of halogens is 1. The van der Waals surface area contributed by atoms with Gasteiger partial charge < -0.3 is 10.2 Å². The third-order valence-corrected chi connectivity index (χ3v) is 6.28. The molecule has 0 unspecified atom stereocenters. The lowest BCUT2D eigenvalue weighted by molar-refractivity contribution is -0.116. The maximum Gasteiger partial charge on any atom is 0.266 e. The van der Waals surface area contributed by atoms with Gasteiger partial charge in [0.25, 0.3) is 15.9 Å². The highest BCUT2D eigenvalue weighted by atomic mass is 35.5. The van der Waals surface area contributed by atoms with E-state index in [1.165, 1.54) is 38.2 Å². The Bertz CT molecular complexity index is 1010. The predicted octanol–water partition coefficient (Wildman–Crippen LogP) is 2.54. The average Bonchev–Trinajstić information content (AvgIpc) is 2.68. The standard InChI is InChI=1S/C19H22ClN3O5S/c1-13-5-8-15(9-6-13)21-18(24)12-22(2)19(25)14-7-10-16(20)17(11-14)29(26,27)23(3)28-4/h5-11H,12H2,1-4H3,(H,21,24). The van der Waals surface area contributed by atoms with Gasteiger partial charge in [0.2, 0.25) is 5.91 Å². The Kier molecular flexibility index (Phi) is 7.37. The molecule has 0 saturated carbocycles. The van der Waals surface area contributed by atoms with Crippen molar-refractivity contribution in [1.82, 2.24) is 9.37 Å². The van der Waals surface area contributed by atoms with Gasteiger partial charge in [-0.25, -0.2) is 8.42 Å². The Labute approximate surface area is 175 Å². The van der Waals surface area contributed by atoms with Crippen LogP contribution in [0.1, 0.15) is 15.9 Å². The molecule has 0 radical (unpaired) electrons. The van der Waals surface area contributed by atoms with Gasteiger partial charge in [-0.1, -0.05) is 33.8 Å². The first-order chi connectivity index (χ1) is 13.6. The van der Waals surface area contributed by atoms with E-state index >= 15 is 0 Å². The lowest BCUT2D eigenvalue weighted by Gasteiger charge is -2.19. The number of nitrogens with one attached hydrogen (secondary N) is 1. The summed E-state index contributed by atoms with van der Waals surface area (Å²) in [5.41, 5.74) is 1.75. The van der Waals surface area contributed by atoms with Crippen LogP contribution in [-0.4, -0.2) is 57.4 Å². The van der Waals surface area contributed by atoms with E-state index in [0.29, 0.717) is 10.2 Å². The van der Waals surface area contributed by atoms with Gasteiger partial charge in [-0.15, -0.1) is 0 Å². The molecule has 0 aromatic heterocycles. The molecule has 10 heteroatoms. The molecular weight excluding hydrogens is 418 g/mol. The van der Waals surface area contributed by atoms with Gasteiger partial charge >= 0.3 is 0 Å². The SMILES string of the molecule is CON(C)S(=O)(=O)c1cc(C(=O)N(C)CC(=O)Nc2ccc(C)cc2)ccc1Cl. The monoisotopic (exact) mass is 439 g/mol. The largest absolute Gasteiger partial charge is 0.332 e. The van der Waals surface area contributed by atoms with Gasteiger partial charge in [0.05, 0.1) is 18.7 Å². The van der Waals surface area contributed by atoms with Crippen molar-refractivity contribution < 1.29 is 22.8 Å². The second kappa shape index (κ2) is 9.36. The molecular formula is C19H22ClN3O5S. The van der Waals surface area contributed by atoms with Crippen molar-refractivity contribution in [3.63, 3.8) is 0 Å². The predicted molar refractivity (Wildman–Crippen MR) is 110 cm³/mol. The number of aryl methyl sites for hydroxylation is 1.